The Bertz CT molecular complexity index is 968. The summed E-state index contributed by atoms with van der Waals surface area (Å²) in [7, 11) is 0. The first-order chi connectivity index (χ1) is 18.8. The van der Waals surface area contributed by atoms with Gasteiger partial charge in [0.05, 0.1) is 18.1 Å². The van der Waals surface area contributed by atoms with Gasteiger partial charge in [-0.15, -0.1) is 0 Å². The number of rotatable bonds is 8. The second-order valence-electron chi connectivity index (χ2n) is 16.8. The molecule has 0 amide bonds. The van der Waals surface area contributed by atoms with Gasteiger partial charge in [-0.3, -0.25) is 4.79 Å². The number of ether oxygens (including phenoxy) is 1. The van der Waals surface area contributed by atoms with Crippen molar-refractivity contribution in [2.24, 2.45) is 56.7 Å². The lowest BCUT2D eigenvalue weighted by Gasteiger charge is -2.72. The molecule has 0 aromatic rings. The van der Waals surface area contributed by atoms with E-state index in [2.05, 4.69) is 55.0 Å². The summed E-state index contributed by atoms with van der Waals surface area (Å²) >= 11 is 0. The number of aliphatic hydroxyl groups is 1. The van der Waals surface area contributed by atoms with Crippen LogP contribution in [0.2, 0.25) is 0 Å². The number of aliphatic hydroxyl groups excluding tert-OH is 1. The summed E-state index contributed by atoms with van der Waals surface area (Å²) in [5.41, 5.74) is 1.77. The molecule has 3 heteroatoms. The molecule has 40 heavy (non-hydrogen) atoms. The summed E-state index contributed by atoms with van der Waals surface area (Å²) < 4.78 is 6.17. The molecule has 4 unspecified atom stereocenters. The first kappa shape index (κ1) is 30.6. The zero-order valence-corrected chi connectivity index (χ0v) is 27.2. The minimum Gasteiger partial charge on any atom is -0.465 e. The predicted molar refractivity (Wildman–Crippen MR) is 165 cm³/mol. The van der Waals surface area contributed by atoms with Crippen molar-refractivity contribution in [2.45, 2.75) is 151 Å². The molecular formula is C37H62O3. The van der Waals surface area contributed by atoms with Crippen LogP contribution in [0.5, 0.6) is 0 Å². The van der Waals surface area contributed by atoms with Gasteiger partial charge in [-0.25, -0.2) is 0 Å². The van der Waals surface area contributed by atoms with E-state index in [0.29, 0.717) is 41.6 Å². The van der Waals surface area contributed by atoms with Gasteiger partial charge in [-0.1, -0.05) is 79.4 Å². The van der Waals surface area contributed by atoms with Crippen LogP contribution in [-0.4, -0.2) is 23.8 Å². The van der Waals surface area contributed by atoms with Crippen molar-refractivity contribution < 1.29 is 14.6 Å². The maximum atomic E-state index is 14.1. The van der Waals surface area contributed by atoms with Crippen molar-refractivity contribution in [3.05, 3.63) is 12.2 Å². The highest BCUT2D eigenvalue weighted by Gasteiger charge is 2.72. The second-order valence-corrected chi connectivity index (χ2v) is 16.8. The number of hydrogen-bond donors (Lipinski definition) is 1. The average Bonchev–Trinajstić information content (AvgIpc) is 3.30. The van der Waals surface area contributed by atoms with Gasteiger partial charge in [0.1, 0.15) is 0 Å². The van der Waals surface area contributed by atoms with Crippen LogP contribution in [0.1, 0.15) is 145 Å². The van der Waals surface area contributed by atoms with Gasteiger partial charge < -0.3 is 9.84 Å². The molecule has 0 aromatic heterocycles. The Hall–Kier alpha value is -0.830. The minimum absolute atomic E-state index is 0.00933. The molecule has 5 aliphatic carbocycles. The lowest BCUT2D eigenvalue weighted by atomic mass is 9.32. The summed E-state index contributed by atoms with van der Waals surface area (Å²) in [4.78, 5) is 14.1. The zero-order valence-electron chi connectivity index (χ0n) is 27.2. The molecule has 5 saturated carbocycles. The molecule has 0 saturated heterocycles. The Morgan fingerprint density at radius 3 is 2.25 bits per heavy atom. The lowest BCUT2D eigenvalue weighted by molar-refractivity contribution is -0.248. The Morgan fingerprint density at radius 2 is 1.55 bits per heavy atom. The van der Waals surface area contributed by atoms with E-state index in [4.69, 9.17) is 4.74 Å². The van der Waals surface area contributed by atoms with E-state index < -0.39 is 0 Å². The molecule has 0 radical (unpaired) electrons. The standard InChI is InChI=1S/C37H62O3/c1-9-10-11-12-13-24-40-32(39)37-21-16-26(25(2)3)31(37)27-14-15-29-34(6)19-18-30(38)33(4,5)28(34)17-20-36(29,8)35(27,7)22-23-37/h26-31,38H,2,9-24H2,1,3-8H3/t26-,27?,28?,29?,30-,31?,34-,35+,36+,37-/m0/s1. The smallest absolute Gasteiger partial charge is 0.312 e. The molecule has 0 spiro atoms. The van der Waals surface area contributed by atoms with E-state index >= 15 is 0 Å². The molecule has 0 aliphatic heterocycles. The summed E-state index contributed by atoms with van der Waals surface area (Å²) in [6, 6.07) is 0. The number of carbonyl (C=O) groups is 1. The van der Waals surface area contributed by atoms with Crippen LogP contribution in [0.25, 0.3) is 0 Å². The Morgan fingerprint density at radius 1 is 0.825 bits per heavy atom. The van der Waals surface area contributed by atoms with Crippen molar-refractivity contribution in [1.82, 2.24) is 0 Å². The number of esters is 1. The molecule has 228 valence electrons. The summed E-state index contributed by atoms with van der Waals surface area (Å²) in [5, 5.41) is 11.0. The van der Waals surface area contributed by atoms with E-state index in [9.17, 15) is 9.90 Å². The predicted octanol–water partition coefficient (Wildman–Crippen LogP) is 9.52. The highest BCUT2D eigenvalue weighted by Crippen LogP contribution is 2.77. The van der Waals surface area contributed by atoms with Crippen molar-refractivity contribution >= 4 is 5.97 Å². The molecule has 5 rings (SSSR count). The first-order valence-electron chi connectivity index (χ1n) is 17.3. The first-order valence-corrected chi connectivity index (χ1v) is 17.3. The van der Waals surface area contributed by atoms with Crippen LogP contribution in [0.4, 0.5) is 0 Å². The van der Waals surface area contributed by atoms with E-state index in [1.165, 1.54) is 56.9 Å². The second kappa shape index (κ2) is 10.7. The van der Waals surface area contributed by atoms with Gasteiger partial charge in [0, 0.05) is 0 Å². The van der Waals surface area contributed by atoms with Crippen LogP contribution in [0.15, 0.2) is 12.2 Å². The zero-order chi connectivity index (χ0) is 29.1. The third-order valence-corrected chi connectivity index (χ3v) is 14.9. The molecule has 0 heterocycles. The van der Waals surface area contributed by atoms with Gasteiger partial charge in [-0.05, 0) is 129 Å². The van der Waals surface area contributed by atoms with Gasteiger partial charge in [-0.2, -0.15) is 0 Å². The van der Waals surface area contributed by atoms with Crippen LogP contribution in [0.3, 0.4) is 0 Å². The highest BCUT2D eigenvalue weighted by molar-refractivity contribution is 5.78. The van der Waals surface area contributed by atoms with Crippen LogP contribution in [0, 0.1) is 56.7 Å². The summed E-state index contributed by atoms with van der Waals surface area (Å²) in [6.07, 6.45) is 17.1. The molecule has 0 aromatic carbocycles. The molecular weight excluding hydrogens is 492 g/mol. The number of hydrogen-bond acceptors (Lipinski definition) is 3. The summed E-state index contributed by atoms with van der Waals surface area (Å²) in [5.74, 6) is 2.79. The van der Waals surface area contributed by atoms with Gasteiger partial charge in [0.25, 0.3) is 0 Å². The Labute approximate surface area is 246 Å². The largest absolute Gasteiger partial charge is 0.465 e. The van der Waals surface area contributed by atoms with Crippen molar-refractivity contribution in [3.63, 3.8) is 0 Å². The van der Waals surface area contributed by atoms with Crippen molar-refractivity contribution in [2.75, 3.05) is 6.61 Å². The number of fused-ring (bicyclic) bond motifs is 7. The average molecular weight is 555 g/mol. The van der Waals surface area contributed by atoms with Crippen LogP contribution >= 0.6 is 0 Å². The fraction of sp³-hybridized carbons (Fsp3) is 0.919. The van der Waals surface area contributed by atoms with Crippen LogP contribution in [-0.2, 0) is 9.53 Å². The van der Waals surface area contributed by atoms with E-state index in [1.807, 2.05) is 0 Å². The van der Waals surface area contributed by atoms with Crippen molar-refractivity contribution in [1.29, 1.82) is 0 Å². The molecule has 5 fully saturated rings. The quantitative estimate of drug-likeness (QED) is 0.185. The fourth-order valence-corrected chi connectivity index (χ4v) is 12.5. The van der Waals surface area contributed by atoms with Gasteiger partial charge >= 0.3 is 5.97 Å². The van der Waals surface area contributed by atoms with E-state index in [0.717, 1.165) is 44.9 Å². The number of carbonyl (C=O) groups excluding carboxylic acids is 1. The van der Waals surface area contributed by atoms with Gasteiger partial charge in [0.2, 0.25) is 0 Å². The molecule has 1 N–H and O–H groups in total. The third kappa shape index (κ3) is 4.31. The topological polar surface area (TPSA) is 46.5 Å². The Balaban J connectivity index is 1.42. The normalized spacial score (nSPS) is 47.4. The maximum Gasteiger partial charge on any atom is 0.312 e. The SMILES string of the molecule is C=C(C)[C@@H]1CC[C@]2(C(=O)OCCCCCCC)CC[C@]3(C)C(CCC4[C@@]5(C)CC[C@H](O)C(C)(C)C5CC[C@]43C)C12. The number of unbranched alkanes of at least 4 members (excludes halogenated alkanes) is 4. The summed E-state index contributed by atoms with van der Waals surface area (Å²) in [6.45, 7) is 22.2. The molecule has 10 atom stereocenters. The number of allylic oxidation sites excluding steroid dienone is 1. The van der Waals surface area contributed by atoms with Crippen molar-refractivity contribution in [3.8, 4) is 0 Å². The highest BCUT2D eigenvalue weighted by atomic mass is 16.5. The Kier molecular flexibility index (Phi) is 8.20. The van der Waals surface area contributed by atoms with E-state index in [-0.39, 0.29) is 33.7 Å². The monoisotopic (exact) mass is 554 g/mol. The lowest BCUT2D eigenvalue weighted by Crippen LogP contribution is -2.67. The molecule has 0 bridgehead atoms. The van der Waals surface area contributed by atoms with E-state index in [1.54, 1.807) is 0 Å². The van der Waals surface area contributed by atoms with Crippen LogP contribution < -0.4 is 0 Å². The molecule has 5 aliphatic rings. The maximum absolute atomic E-state index is 14.1. The minimum atomic E-state index is -0.307. The van der Waals surface area contributed by atoms with Gasteiger partial charge in [0.15, 0.2) is 0 Å². The molecule has 3 nitrogen and oxygen atoms in total. The third-order valence-electron chi connectivity index (χ3n) is 14.9. The fourth-order valence-electron chi connectivity index (χ4n) is 12.5.